The van der Waals surface area contributed by atoms with Crippen LogP contribution in [0.25, 0.3) is 0 Å². The highest BCUT2D eigenvalue weighted by molar-refractivity contribution is 6.07. The standard InChI is InChI=1S/C16H17NO3/c1-20-15(18)10-6-12-17-11-5-9-14(17)16(19)13-7-3-2-4-8-13/h2-5,7-9,11H,6,10,12H2,1H3. The lowest BCUT2D eigenvalue weighted by atomic mass is 10.1. The van der Waals surface area contributed by atoms with Gasteiger partial charge in [-0.05, 0) is 18.6 Å². The van der Waals surface area contributed by atoms with Crippen molar-refractivity contribution >= 4 is 11.8 Å². The van der Waals surface area contributed by atoms with Gasteiger partial charge in [0.05, 0.1) is 12.8 Å². The van der Waals surface area contributed by atoms with Gasteiger partial charge in [0, 0.05) is 24.7 Å². The van der Waals surface area contributed by atoms with E-state index >= 15 is 0 Å². The van der Waals surface area contributed by atoms with Gasteiger partial charge in [-0.3, -0.25) is 9.59 Å². The van der Waals surface area contributed by atoms with Crippen molar-refractivity contribution in [2.24, 2.45) is 0 Å². The topological polar surface area (TPSA) is 48.3 Å². The number of aromatic nitrogens is 1. The summed E-state index contributed by atoms with van der Waals surface area (Å²) in [6.07, 6.45) is 2.86. The molecular formula is C16H17NO3. The number of methoxy groups -OCH3 is 1. The molecule has 4 heteroatoms. The highest BCUT2D eigenvalue weighted by Crippen LogP contribution is 2.12. The van der Waals surface area contributed by atoms with E-state index in [0.29, 0.717) is 30.6 Å². The van der Waals surface area contributed by atoms with Gasteiger partial charge in [-0.1, -0.05) is 30.3 Å². The van der Waals surface area contributed by atoms with E-state index in [1.54, 1.807) is 18.2 Å². The second-order valence-electron chi connectivity index (χ2n) is 4.46. The largest absolute Gasteiger partial charge is 0.469 e. The average Bonchev–Trinajstić information content (AvgIpc) is 2.95. The Balaban J connectivity index is 2.05. The van der Waals surface area contributed by atoms with E-state index in [4.69, 9.17) is 0 Å². The molecule has 0 aliphatic heterocycles. The summed E-state index contributed by atoms with van der Waals surface area (Å²) >= 11 is 0. The quantitative estimate of drug-likeness (QED) is 0.599. The Hall–Kier alpha value is -2.36. The van der Waals surface area contributed by atoms with Crippen LogP contribution in [-0.2, 0) is 16.1 Å². The number of carbonyl (C=O) groups excluding carboxylic acids is 2. The van der Waals surface area contributed by atoms with Crippen molar-refractivity contribution in [3.63, 3.8) is 0 Å². The highest BCUT2D eigenvalue weighted by atomic mass is 16.5. The van der Waals surface area contributed by atoms with Gasteiger partial charge in [0.2, 0.25) is 5.78 Å². The number of benzene rings is 1. The third kappa shape index (κ3) is 3.35. The number of ketones is 1. The fraction of sp³-hybridized carbons (Fsp3) is 0.250. The number of rotatable bonds is 6. The summed E-state index contributed by atoms with van der Waals surface area (Å²) in [4.78, 5) is 23.5. The normalized spacial score (nSPS) is 10.2. The minimum Gasteiger partial charge on any atom is -0.469 e. The molecule has 104 valence electrons. The van der Waals surface area contributed by atoms with Crippen molar-refractivity contribution in [2.75, 3.05) is 7.11 Å². The summed E-state index contributed by atoms with van der Waals surface area (Å²) in [6.45, 7) is 0.621. The van der Waals surface area contributed by atoms with Crippen molar-refractivity contribution in [3.8, 4) is 0 Å². The third-order valence-electron chi connectivity index (χ3n) is 3.11. The van der Waals surface area contributed by atoms with E-state index in [2.05, 4.69) is 4.74 Å². The zero-order valence-electron chi connectivity index (χ0n) is 11.4. The molecule has 4 nitrogen and oxygen atoms in total. The van der Waals surface area contributed by atoms with Gasteiger partial charge in [0.25, 0.3) is 0 Å². The van der Waals surface area contributed by atoms with Crippen LogP contribution in [-0.4, -0.2) is 23.4 Å². The van der Waals surface area contributed by atoms with Crippen LogP contribution in [0.4, 0.5) is 0 Å². The zero-order chi connectivity index (χ0) is 14.4. The third-order valence-corrected chi connectivity index (χ3v) is 3.11. The van der Waals surface area contributed by atoms with E-state index < -0.39 is 0 Å². The van der Waals surface area contributed by atoms with E-state index in [0.717, 1.165) is 0 Å². The number of hydrogen-bond donors (Lipinski definition) is 0. The lowest BCUT2D eigenvalue weighted by Gasteiger charge is -2.08. The maximum Gasteiger partial charge on any atom is 0.305 e. The molecule has 1 aromatic heterocycles. The number of nitrogens with zero attached hydrogens (tertiary/aromatic N) is 1. The highest BCUT2D eigenvalue weighted by Gasteiger charge is 2.12. The molecule has 0 aliphatic rings. The van der Waals surface area contributed by atoms with Crippen molar-refractivity contribution in [3.05, 3.63) is 59.9 Å². The molecule has 2 rings (SSSR count). The summed E-state index contributed by atoms with van der Waals surface area (Å²) in [7, 11) is 1.38. The smallest absolute Gasteiger partial charge is 0.305 e. The summed E-state index contributed by atoms with van der Waals surface area (Å²) in [5, 5.41) is 0. The van der Waals surface area contributed by atoms with Gasteiger partial charge in [-0.25, -0.2) is 0 Å². The average molecular weight is 271 g/mol. The first-order valence-corrected chi connectivity index (χ1v) is 6.54. The Labute approximate surface area is 118 Å². The van der Waals surface area contributed by atoms with Gasteiger partial charge in [-0.15, -0.1) is 0 Å². The number of carbonyl (C=O) groups is 2. The molecular weight excluding hydrogens is 254 g/mol. The number of esters is 1. The first-order chi connectivity index (χ1) is 9.72. The summed E-state index contributed by atoms with van der Waals surface area (Å²) in [5.74, 6) is -0.234. The Morgan fingerprint density at radius 2 is 1.85 bits per heavy atom. The molecule has 0 atom stereocenters. The molecule has 0 spiro atoms. The predicted octanol–water partition coefficient (Wildman–Crippen LogP) is 2.67. The van der Waals surface area contributed by atoms with E-state index in [-0.39, 0.29) is 11.8 Å². The molecule has 1 aromatic carbocycles. The minimum atomic E-state index is -0.229. The molecule has 0 bridgehead atoms. The molecule has 20 heavy (non-hydrogen) atoms. The van der Waals surface area contributed by atoms with Crippen LogP contribution >= 0.6 is 0 Å². The van der Waals surface area contributed by atoms with Crippen LogP contribution in [0.1, 0.15) is 28.9 Å². The van der Waals surface area contributed by atoms with E-state index in [1.807, 2.05) is 35.0 Å². The van der Waals surface area contributed by atoms with E-state index in [1.165, 1.54) is 7.11 Å². The number of ether oxygens (including phenoxy) is 1. The van der Waals surface area contributed by atoms with Gasteiger partial charge >= 0.3 is 5.97 Å². The van der Waals surface area contributed by atoms with Crippen LogP contribution in [0.2, 0.25) is 0 Å². The molecule has 0 unspecified atom stereocenters. The predicted molar refractivity (Wildman–Crippen MR) is 75.6 cm³/mol. The summed E-state index contributed by atoms with van der Waals surface area (Å²) in [5.41, 5.74) is 1.31. The fourth-order valence-corrected chi connectivity index (χ4v) is 2.05. The monoisotopic (exact) mass is 271 g/mol. The zero-order valence-corrected chi connectivity index (χ0v) is 11.4. The molecule has 0 amide bonds. The fourth-order valence-electron chi connectivity index (χ4n) is 2.05. The van der Waals surface area contributed by atoms with E-state index in [9.17, 15) is 9.59 Å². The Morgan fingerprint density at radius 3 is 2.55 bits per heavy atom. The van der Waals surface area contributed by atoms with Crippen LogP contribution in [0, 0.1) is 0 Å². The molecule has 0 fully saturated rings. The lowest BCUT2D eigenvalue weighted by Crippen LogP contribution is -2.11. The number of aryl methyl sites for hydroxylation is 1. The van der Waals surface area contributed by atoms with Gasteiger partial charge in [-0.2, -0.15) is 0 Å². The first-order valence-electron chi connectivity index (χ1n) is 6.54. The molecule has 0 radical (unpaired) electrons. The molecule has 0 aliphatic carbocycles. The molecule has 2 aromatic rings. The Morgan fingerprint density at radius 1 is 1.10 bits per heavy atom. The maximum absolute atomic E-state index is 12.4. The molecule has 0 saturated carbocycles. The lowest BCUT2D eigenvalue weighted by molar-refractivity contribution is -0.140. The maximum atomic E-state index is 12.4. The second-order valence-corrected chi connectivity index (χ2v) is 4.46. The van der Waals surface area contributed by atoms with Crippen molar-refractivity contribution in [1.29, 1.82) is 0 Å². The van der Waals surface area contributed by atoms with Crippen LogP contribution in [0.5, 0.6) is 0 Å². The first kappa shape index (κ1) is 14.1. The van der Waals surface area contributed by atoms with Crippen LogP contribution < -0.4 is 0 Å². The van der Waals surface area contributed by atoms with Crippen LogP contribution in [0.3, 0.4) is 0 Å². The number of hydrogen-bond acceptors (Lipinski definition) is 3. The van der Waals surface area contributed by atoms with Gasteiger partial charge in [0.1, 0.15) is 0 Å². The van der Waals surface area contributed by atoms with Gasteiger partial charge < -0.3 is 9.30 Å². The second kappa shape index (κ2) is 6.70. The molecule has 0 saturated heterocycles. The molecule has 1 heterocycles. The Bertz CT molecular complexity index is 587. The van der Waals surface area contributed by atoms with Gasteiger partial charge in [0.15, 0.2) is 0 Å². The summed E-state index contributed by atoms with van der Waals surface area (Å²) in [6, 6.07) is 12.8. The SMILES string of the molecule is COC(=O)CCCn1cccc1C(=O)c1ccccc1. The van der Waals surface area contributed by atoms with Crippen molar-refractivity contribution in [1.82, 2.24) is 4.57 Å². The minimum absolute atomic E-state index is 0.00586. The van der Waals surface area contributed by atoms with Crippen molar-refractivity contribution in [2.45, 2.75) is 19.4 Å². The Kier molecular flexibility index (Phi) is 4.71. The molecule has 0 N–H and O–H groups in total. The summed E-state index contributed by atoms with van der Waals surface area (Å²) < 4.78 is 6.47. The van der Waals surface area contributed by atoms with Crippen LogP contribution in [0.15, 0.2) is 48.7 Å². The van der Waals surface area contributed by atoms with Crippen molar-refractivity contribution < 1.29 is 14.3 Å².